The zero-order chi connectivity index (χ0) is 12.5. The highest BCUT2D eigenvalue weighted by Gasteiger charge is 2.43. The molecule has 2 atom stereocenters. The molecule has 1 aliphatic rings. The largest absolute Gasteiger partial charge is 0.372 e. The van der Waals surface area contributed by atoms with E-state index in [0.717, 1.165) is 5.56 Å². The van der Waals surface area contributed by atoms with Gasteiger partial charge in [-0.15, -0.1) is 0 Å². The van der Waals surface area contributed by atoms with Crippen molar-refractivity contribution in [2.24, 2.45) is 5.73 Å². The summed E-state index contributed by atoms with van der Waals surface area (Å²) in [5.41, 5.74) is 6.42. The van der Waals surface area contributed by atoms with Gasteiger partial charge in [0.25, 0.3) is 5.92 Å². The number of halogens is 2. The lowest BCUT2D eigenvalue weighted by Gasteiger charge is -2.23. The molecular formula is C13H17F2NO. The summed E-state index contributed by atoms with van der Waals surface area (Å²) >= 11 is 0. The molecule has 1 aliphatic heterocycles. The second-order valence-electron chi connectivity index (χ2n) is 4.54. The van der Waals surface area contributed by atoms with Crippen LogP contribution in [-0.4, -0.2) is 12.7 Å². The molecule has 17 heavy (non-hydrogen) atoms. The van der Waals surface area contributed by atoms with Crippen molar-refractivity contribution in [3.05, 3.63) is 35.4 Å². The van der Waals surface area contributed by atoms with Crippen molar-refractivity contribution < 1.29 is 13.5 Å². The van der Waals surface area contributed by atoms with Crippen LogP contribution < -0.4 is 5.73 Å². The maximum Gasteiger partial charge on any atom is 0.298 e. The normalized spacial score (nSPS) is 22.7. The van der Waals surface area contributed by atoms with Crippen molar-refractivity contribution in [1.29, 1.82) is 0 Å². The van der Waals surface area contributed by atoms with Crippen LogP contribution in [-0.2, 0) is 10.7 Å². The van der Waals surface area contributed by atoms with Crippen molar-refractivity contribution >= 4 is 0 Å². The highest BCUT2D eigenvalue weighted by atomic mass is 19.3. The monoisotopic (exact) mass is 241 g/mol. The first-order valence-electron chi connectivity index (χ1n) is 5.87. The molecule has 0 saturated carbocycles. The highest BCUT2D eigenvalue weighted by Crippen LogP contribution is 2.38. The standard InChI is InChI=1S/C13H17F2NO/c1-9(16)10-4-2-5-11(8-10)13(14,15)12-6-3-7-17-12/h2,4-5,8-9,12H,3,6-7,16H2,1H3/t9-,12?/m0/s1. The number of rotatable bonds is 3. The number of ether oxygens (including phenoxy) is 1. The maximum atomic E-state index is 14.1. The average molecular weight is 241 g/mol. The summed E-state index contributed by atoms with van der Waals surface area (Å²) < 4.78 is 33.4. The smallest absolute Gasteiger partial charge is 0.298 e. The molecule has 1 saturated heterocycles. The van der Waals surface area contributed by atoms with Crippen molar-refractivity contribution in [2.45, 2.75) is 37.8 Å². The summed E-state index contributed by atoms with van der Waals surface area (Å²) in [4.78, 5) is 0. The summed E-state index contributed by atoms with van der Waals surface area (Å²) in [6.45, 7) is 2.20. The lowest BCUT2D eigenvalue weighted by atomic mass is 9.97. The fraction of sp³-hybridized carbons (Fsp3) is 0.538. The van der Waals surface area contributed by atoms with Gasteiger partial charge in [-0.1, -0.05) is 18.2 Å². The van der Waals surface area contributed by atoms with E-state index in [-0.39, 0.29) is 11.6 Å². The van der Waals surface area contributed by atoms with E-state index in [4.69, 9.17) is 10.5 Å². The average Bonchev–Trinajstić information content (AvgIpc) is 2.83. The van der Waals surface area contributed by atoms with Crippen LogP contribution in [0.5, 0.6) is 0 Å². The fourth-order valence-corrected chi connectivity index (χ4v) is 2.08. The van der Waals surface area contributed by atoms with E-state index in [9.17, 15) is 8.78 Å². The van der Waals surface area contributed by atoms with Crippen LogP contribution >= 0.6 is 0 Å². The Morgan fingerprint density at radius 3 is 2.82 bits per heavy atom. The van der Waals surface area contributed by atoms with Crippen LogP contribution in [0.25, 0.3) is 0 Å². The Kier molecular flexibility index (Phi) is 3.45. The van der Waals surface area contributed by atoms with E-state index in [1.165, 1.54) is 12.1 Å². The first-order chi connectivity index (χ1) is 8.01. The molecule has 0 aliphatic carbocycles. The minimum absolute atomic E-state index is 0.000741. The Morgan fingerprint density at radius 1 is 1.47 bits per heavy atom. The molecule has 94 valence electrons. The van der Waals surface area contributed by atoms with E-state index in [1.807, 2.05) is 0 Å². The Hall–Kier alpha value is -1.00. The summed E-state index contributed by atoms with van der Waals surface area (Å²) in [5, 5.41) is 0. The quantitative estimate of drug-likeness (QED) is 0.883. The molecule has 0 radical (unpaired) electrons. The SMILES string of the molecule is C[C@H](N)c1cccc(C(F)(F)C2CCCO2)c1. The van der Waals surface area contributed by atoms with Gasteiger partial charge in [-0.05, 0) is 31.4 Å². The highest BCUT2D eigenvalue weighted by molar-refractivity contribution is 5.29. The second-order valence-corrected chi connectivity index (χ2v) is 4.54. The van der Waals surface area contributed by atoms with Gasteiger partial charge in [0.15, 0.2) is 0 Å². The predicted octanol–water partition coefficient (Wildman–Crippen LogP) is 2.98. The van der Waals surface area contributed by atoms with E-state index in [0.29, 0.717) is 19.4 Å². The molecule has 0 bridgehead atoms. The molecule has 2 nitrogen and oxygen atoms in total. The number of alkyl halides is 2. The minimum atomic E-state index is -2.93. The maximum absolute atomic E-state index is 14.1. The first-order valence-corrected chi connectivity index (χ1v) is 5.87. The van der Waals surface area contributed by atoms with Gasteiger partial charge in [-0.2, -0.15) is 8.78 Å². The summed E-state index contributed by atoms with van der Waals surface area (Å²) in [7, 11) is 0. The number of hydrogen-bond acceptors (Lipinski definition) is 2. The Labute approximate surface area is 99.8 Å². The van der Waals surface area contributed by atoms with E-state index in [2.05, 4.69) is 0 Å². The molecular weight excluding hydrogens is 224 g/mol. The van der Waals surface area contributed by atoms with Gasteiger partial charge in [0, 0.05) is 18.2 Å². The van der Waals surface area contributed by atoms with Gasteiger partial charge in [-0.25, -0.2) is 0 Å². The molecule has 0 aromatic heterocycles. The van der Waals surface area contributed by atoms with Crippen LogP contribution in [0, 0.1) is 0 Å². The second kappa shape index (κ2) is 4.70. The molecule has 1 aromatic rings. The van der Waals surface area contributed by atoms with Crippen molar-refractivity contribution in [1.82, 2.24) is 0 Å². The molecule has 2 rings (SSSR count). The third-order valence-electron chi connectivity index (χ3n) is 3.13. The summed E-state index contributed by atoms with van der Waals surface area (Å²) in [6.07, 6.45) is 0.119. The molecule has 1 heterocycles. The third-order valence-corrected chi connectivity index (χ3v) is 3.13. The Balaban J connectivity index is 2.28. The number of hydrogen-bond donors (Lipinski definition) is 1. The van der Waals surface area contributed by atoms with Gasteiger partial charge in [0.1, 0.15) is 6.10 Å². The van der Waals surface area contributed by atoms with Gasteiger partial charge < -0.3 is 10.5 Å². The molecule has 0 amide bonds. The lowest BCUT2D eigenvalue weighted by molar-refractivity contribution is -0.122. The van der Waals surface area contributed by atoms with Gasteiger partial charge in [0.05, 0.1) is 0 Å². The van der Waals surface area contributed by atoms with Gasteiger partial charge in [-0.3, -0.25) is 0 Å². The number of nitrogens with two attached hydrogens (primary N) is 1. The molecule has 4 heteroatoms. The van der Waals surface area contributed by atoms with Crippen LogP contribution in [0.1, 0.15) is 36.9 Å². The molecule has 1 unspecified atom stereocenters. The van der Waals surface area contributed by atoms with Crippen molar-refractivity contribution in [3.63, 3.8) is 0 Å². The van der Waals surface area contributed by atoms with Crippen molar-refractivity contribution in [3.8, 4) is 0 Å². The zero-order valence-electron chi connectivity index (χ0n) is 9.83. The van der Waals surface area contributed by atoms with E-state index >= 15 is 0 Å². The Bertz CT molecular complexity index is 387. The molecule has 1 fully saturated rings. The van der Waals surface area contributed by atoms with E-state index in [1.54, 1.807) is 19.1 Å². The summed E-state index contributed by atoms with van der Waals surface area (Å²) in [6, 6.07) is 6.06. The van der Waals surface area contributed by atoms with Gasteiger partial charge >= 0.3 is 0 Å². The van der Waals surface area contributed by atoms with Gasteiger partial charge in [0.2, 0.25) is 0 Å². The predicted molar refractivity (Wildman–Crippen MR) is 61.9 cm³/mol. The van der Waals surface area contributed by atoms with E-state index < -0.39 is 12.0 Å². The van der Waals surface area contributed by atoms with Crippen LogP contribution in [0.15, 0.2) is 24.3 Å². The summed E-state index contributed by atoms with van der Waals surface area (Å²) in [5.74, 6) is -2.93. The minimum Gasteiger partial charge on any atom is -0.372 e. The zero-order valence-corrected chi connectivity index (χ0v) is 9.83. The van der Waals surface area contributed by atoms with Crippen LogP contribution in [0.4, 0.5) is 8.78 Å². The third kappa shape index (κ3) is 2.48. The lowest BCUT2D eigenvalue weighted by Crippen LogP contribution is -2.30. The van der Waals surface area contributed by atoms with Crippen molar-refractivity contribution in [2.75, 3.05) is 6.61 Å². The molecule has 0 spiro atoms. The fourth-order valence-electron chi connectivity index (χ4n) is 2.08. The number of benzene rings is 1. The molecule has 2 N–H and O–H groups in total. The van der Waals surface area contributed by atoms with Crippen LogP contribution in [0.2, 0.25) is 0 Å². The van der Waals surface area contributed by atoms with Crippen LogP contribution in [0.3, 0.4) is 0 Å². The first kappa shape index (κ1) is 12.5. The molecule has 1 aromatic carbocycles. The Morgan fingerprint density at radius 2 is 2.24 bits per heavy atom. The topological polar surface area (TPSA) is 35.2 Å².